The third-order valence-electron chi connectivity index (χ3n) is 4.38. The highest BCUT2D eigenvalue weighted by atomic mass is 79.9. The summed E-state index contributed by atoms with van der Waals surface area (Å²) in [5.41, 5.74) is 1.22. The van der Waals surface area contributed by atoms with Gasteiger partial charge in [-0.1, -0.05) is 28.8 Å². The Balaban J connectivity index is 1.64. The molecule has 2 N–H and O–H groups in total. The standard InChI is InChI=1S/C17H24BrNO2/c18-15-9-8-14(10-12(15)11-19-13-6-7-13)21-17-5-3-1-2-4-16(17)20/h8-10,13,16-17,19-20H,1-7,11H2. The van der Waals surface area contributed by atoms with Gasteiger partial charge in [0.15, 0.2) is 0 Å². The Morgan fingerprint density at radius 1 is 1.14 bits per heavy atom. The van der Waals surface area contributed by atoms with E-state index in [2.05, 4.69) is 27.3 Å². The summed E-state index contributed by atoms with van der Waals surface area (Å²) in [5, 5.41) is 13.7. The fourth-order valence-corrected chi connectivity index (χ4v) is 3.25. The quantitative estimate of drug-likeness (QED) is 0.791. The number of aliphatic hydroxyl groups excluding tert-OH is 1. The van der Waals surface area contributed by atoms with E-state index in [-0.39, 0.29) is 12.2 Å². The Bertz CT molecular complexity index is 476. The van der Waals surface area contributed by atoms with Gasteiger partial charge in [0.25, 0.3) is 0 Å². The molecule has 0 aromatic heterocycles. The lowest BCUT2D eigenvalue weighted by atomic mass is 10.1. The normalized spacial score (nSPS) is 26.4. The van der Waals surface area contributed by atoms with Crippen molar-refractivity contribution in [3.05, 3.63) is 28.2 Å². The third-order valence-corrected chi connectivity index (χ3v) is 5.15. The molecule has 116 valence electrons. The summed E-state index contributed by atoms with van der Waals surface area (Å²) in [4.78, 5) is 0. The summed E-state index contributed by atoms with van der Waals surface area (Å²) in [5.74, 6) is 0.872. The van der Waals surface area contributed by atoms with Crippen LogP contribution in [-0.4, -0.2) is 23.4 Å². The minimum Gasteiger partial charge on any atom is -0.488 e. The first-order valence-corrected chi connectivity index (χ1v) is 8.88. The molecule has 21 heavy (non-hydrogen) atoms. The topological polar surface area (TPSA) is 41.5 Å². The fraction of sp³-hybridized carbons (Fsp3) is 0.647. The predicted octanol–water partition coefficient (Wildman–Crippen LogP) is 3.77. The highest BCUT2D eigenvalue weighted by Gasteiger charge is 2.24. The van der Waals surface area contributed by atoms with Gasteiger partial charge in [-0.3, -0.25) is 0 Å². The highest BCUT2D eigenvalue weighted by Crippen LogP contribution is 2.28. The molecule has 0 amide bonds. The first-order chi connectivity index (χ1) is 10.2. The van der Waals surface area contributed by atoms with E-state index in [9.17, 15) is 5.11 Å². The SMILES string of the molecule is OC1CCCCCC1Oc1ccc(Br)c(CNC2CC2)c1. The van der Waals surface area contributed by atoms with Crippen LogP contribution in [-0.2, 0) is 6.54 Å². The molecule has 3 rings (SSSR count). The molecule has 2 unspecified atom stereocenters. The molecule has 1 aromatic rings. The summed E-state index contributed by atoms with van der Waals surface area (Å²) in [6.07, 6.45) is 7.47. The third kappa shape index (κ3) is 4.44. The van der Waals surface area contributed by atoms with Crippen LogP contribution >= 0.6 is 15.9 Å². The first-order valence-electron chi connectivity index (χ1n) is 8.09. The molecule has 0 saturated heterocycles. The molecule has 4 heteroatoms. The second-order valence-corrected chi connectivity index (χ2v) is 7.12. The second kappa shape index (κ2) is 7.12. The largest absolute Gasteiger partial charge is 0.488 e. The number of halogens is 1. The van der Waals surface area contributed by atoms with Crippen molar-refractivity contribution in [2.75, 3.05) is 0 Å². The van der Waals surface area contributed by atoms with E-state index < -0.39 is 0 Å². The molecule has 0 heterocycles. The van der Waals surface area contributed by atoms with E-state index in [0.717, 1.165) is 42.5 Å². The molecule has 0 aliphatic heterocycles. The van der Waals surface area contributed by atoms with E-state index >= 15 is 0 Å². The number of hydrogen-bond acceptors (Lipinski definition) is 3. The van der Waals surface area contributed by atoms with E-state index in [0.29, 0.717) is 6.04 Å². The summed E-state index contributed by atoms with van der Waals surface area (Å²) >= 11 is 3.61. The van der Waals surface area contributed by atoms with E-state index in [1.165, 1.54) is 24.8 Å². The molecule has 0 radical (unpaired) electrons. The van der Waals surface area contributed by atoms with Crippen molar-refractivity contribution in [2.24, 2.45) is 0 Å². The van der Waals surface area contributed by atoms with Crippen molar-refractivity contribution in [1.29, 1.82) is 0 Å². The Hall–Kier alpha value is -0.580. The van der Waals surface area contributed by atoms with Gasteiger partial charge in [-0.15, -0.1) is 0 Å². The van der Waals surface area contributed by atoms with Gasteiger partial charge >= 0.3 is 0 Å². The first kappa shape index (κ1) is 15.3. The van der Waals surface area contributed by atoms with Crippen molar-refractivity contribution >= 4 is 15.9 Å². The zero-order valence-electron chi connectivity index (χ0n) is 12.4. The Labute approximate surface area is 135 Å². The van der Waals surface area contributed by atoms with Crippen LogP contribution in [0.3, 0.4) is 0 Å². The molecular formula is C17H24BrNO2. The molecule has 2 saturated carbocycles. The van der Waals surface area contributed by atoms with E-state index in [4.69, 9.17) is 4.74 Å². The van der Waals surface area contributed by atoms with Gasteiger partial charge in [-0.25, -0.2) is 0 Å². The smallest absolute Gasteiger partial charge is 0.124 e. The second-order valence-electron chi connectivity index (χ2n) is 6.27. The zero-order valence-corrected chi connectivity index (χ0v) is 13.9. The van der Waals surface area contributed by atoms with Crippen LogP contribution in [0.15, 0.2) is 22.7 Å². The molecule has 3 nitrogen and oxygen atoms in total. The van der Waals surface area contributed by atoms with Crippen LogP contribution in [0.5, 0.6) is 5.75 Å². The molecule has 0 spiro atoms. The van der Waals surface area contributed by atoms with Crippen LogP contribution in [0.4, 0.5) is 0 Å². The highest BCUT2D eigenvalue weighted by molar-refractivity contribution is 9.10. The van der Waals surface area contributed by atoms with Gasteiger partial charge in [-0.05, 0) is 55.9 Å². The predicted molar refractivity (Wildman–Crippen MR) is 87.5 cm³/mol. The maximum absolute atomic E-state index is 10.2. The van der Waals surface area contributed by atoms with Gasteiger partial charge in [0.2, 0.25) is 0 Å². The van der Waals surface area contributed by atoms with Gasteiger partial charge in [0.05, 0.1) is 6.10 Å². The van der Waals surface area contributed by atoms with Crippen LogP contribution in [0.1, 0.15) is 50.5 Å². The van der Waals surface area contributed by atoms with Crippen LogP contribution < -0.4 is 10.1 Å². The fourth-order valence-electron chi connectivity index (χ4n) is 2.87. The molecule has 1 aromatic carbocycles. The van der Waals surface area contributed by atoms with Crippen LogP contribution in [0.25, 0.3) is 0 Å². The molecule has 0 bridgehead atoms. The molecule has 2 aliphatic rings. The van der Waals surface area contributed by atoms with Crippen LogP contribution in [0, 0.1) is 0 Å². The lowest BCUT2D eigenvalue weighted by molar-refractivity contribution is 0.0319. The number of aliphatic hydroxyl groups is 1. The minimum atomic E-state index is -0.329. The van der Waals surface area contributed by atoms with Crippen LogP contribution in [0.2, 0.25) is 0 Å². The average molecular weight is 354 g/mol. The molecule has 2 atom stereocenters. The summed E-state index contributed by atoms with van der Waals surface area (Å²) in [6, 6.07) is 6.83. The zero-order chi connectivity index (χ0) is 14.7. The van der Waals surface area contributed by atoms with E-state index in [1.54, 1.807) is 0 Å². The van der Waals surface area contributed by atoms with E-state index in [1.807, 2.05) is 12.1 Å². The lowest BCUT2D eigenvalue weighted by Crippen LogP contribution is -2.30. The van der Waals surface area contributed by atoms with Gasteiger partial charge < -0.3 is 15.2 Å². The maximum Gasteiger partial charge on any atom is 0.124 e. The Kier molecular flexibility index (Phi) is 5.19. The summed E-state index contributed by atoms with van der Waals surface area (Å²) in [7, 11) is 0. The summed E-state index contributed by atoms with van der Waals surface area (Å²) < 4.78 is 7.18. The van der Waals surface area contributed by atoms with Crippen molar-refractivity contribution in [1.82, 2.24) is 5.32 Å². The number of benzene rings is 1. The number of rotatable bonds is 5. The van der Waals surface area contributed by atoms with Crippen molar-refractivity contribution in [3.8, 4) is 5.75 Å². The lowest BCUT2D eigenvalue weighted by Gasteiger charge is -2.22. The van der Waals surface area contributed by atoms with Crippen molar-refractivity contribution in [3.63, 3.8) is 0 Å². The molecule has 2 aliphatic carbocycles. The molecule has 2 fully saturated rings. The maximum atomic E-state index is 10.2. The monoisotopic (exact) mass is 353 g/mol. The summed E-state index contributed by atoms with van der Waals surface area (Å²) in [6.45, 7) is 0.871. The van der Waals surface area contributed by atoms with Crippen molar-refractivity contribution in [2.45, 2.75) is 69.7 Å². The van der Waals surface area contributed by atoms with Crippen molar-refractivity contribution < 1.29 is 9.84 Å². The Morgan fingerprint density at radius 2 is 1.95 bits per heavy atom. The molecular weight excluding hydrogens is 330 g/mol. The van der Waals surface area contributed by atoms with Gasteiger partial charge in [0.1, 0.15) is 11.9 Å². The van der Waals surface area contributed by atoms with Gasteiger partial charge in [0, 0.05) is 17.1 Å². The number of ether oxygens (including phenoxy) is 1. The average Bonchev–Trinajstić information content (AvgIpc) is 3.30. The van der Waals surface area contributed by atoms with Gasteiger partial charge in [-0.2, -0.15) is 0 Å². The number of nitrogens with one attached hydrogen (secondary N) is 1. The minimum absolute atomic E-state index is 0.0575. The Morgan fingerprint density at radius 3 is 2.76 bits per heavy atom. The number of hydrogen-bond donors (Lipinski definition) is 2.